The molecule has 25 heavy (non-hydrogen) atoms. The number of ether oxygens (including phenoxy) is 1. The molecule has 130 valence electrons. The molecule has 0 aliphatic heterocycles. The molecule has 0 spiro atoms. The molecular formula is C18H20N4O3. The molecule has 1 aromatic carbocycles. The van der Waals surface area contributed by atoms with E-state index in [0.29, 0.717) is 28.3 Å². The van der Waals surface area contributed by atoms with Crippen molar-refractivity contribution < 1.29 is 9.53 Å². The first kappa shape index (κ1) is 16.8. The number of H-pyrrole nitrogens is 1. The Bertz CT molecular complexity index is 1000. The van der Waals surface area contributed by atoms with Gasteiger partial charge in [0.1, 0.15) is 23.3 Å². The van der Waals surface area contributed by atoms with Gasteiger partial charge >= 0.3 is 0 Å². The van der Waals surface area contributed by atoms with E-state index in [4.69, 9.17) is 4.74 Å². The molecule has 0 aliphatic carbocycles. The molecule has 3 aromatic rings. The van der Waals surface area contributed by atoms with Gasteiger partial charge in [0.05, 0.1) is 18.2 Å². The van der Waals surface area contributed by atoms with E-state index >= 15 is 0 Å². The number of nitrogens with one attached hydrogen (secondary N) is 2. The highest BCUT2D eigenvalue weighted by molar-refractivity contribution is 5.95. The third-order valence-electron chi connectivity index (χ3n) is 4.13. The lowest BCUT2D eigenvalue weighted by Gasteiger charge is -2.18. The molecule has 0 saturated heterocycles. The van der Waals surface area contributed by atoms with Crippen LogP contribution in [0.5, 0.6) is 5.75 Å². The summed E-state index contributed by atoms with van der Waals surface area (Å²) in [6.07, 6.45) is 0. The average Bonchev–Trinajstić information content (AvgIpc) is 2.95. The normalized spacial score (nSPS) is 12.2. The fourth-order valence-electron chi connectivity index (χ4n) is 2.88. The number of methoxy groups -OCH3 is 1. The van der Waals surface area contributed by atoms with Gasteiger partial charge in [-0.3, -0.25) is 14.2 Å². The Morgan fingerprint density at radius 3 is 2.76 bits per heavy atom. The fraction of sp³-hybridized carbons (Fsp3) is 0.278. The number of aromatic nitrogens is 3. The molecule has 7 nitrogen and oxygen atoms in total. The van der Waals surface area contributed by atoms with Crippen LogP contribution in [-0.4, -0.2) is 27.6 Å². The summed E-state index contributed by atoms with van der Waals surface area (Å²) in [5.41, 5.74) is 1.70. The number of benzene rings is 1. The monoisotopic (exact) mass is 340 g/mol. The zero-order valence-corrected chi connectivity index (χ0v) is 14.6. The van der Waals surface area contributed by atoms with Gasteiger partial charge in [-0.2, -0.15) is 0 Å². The van der Waals surface area contributed by atoms with Crippen LogP contribution >= 0.6 is 0 Å². The van der Waals surface area contributed by atoms with Gasteiger partial charge in [0.2, 0.25) is 5.91 Å². The number of para-hydroxylation sites is 2. The smallest absolute Gasteiger partial charge is 0.263 e. The van der Waals surface area contributed by atoms with Crippen LogP contribution < -0.4 is 15.6 Å². The van der Waals surface area contributed by atoms with Crippen LogP contribution in [0.15, 0.2) is 35.1 Å². The second-order valence-corrected chi connectivity index (χ2v) is 5.91. The number of anilines is 1. The van der Waals surface area contributed by atoms with Gasteiger partial charge in [-0.1, -0.05) is 12.1 Å². The van der Waals surface area contributed by atoms with Crippen molar-refractivity contribution >= 4 is 22.6 Å². The summed E-state index contributed by atoms with van der Waals surface area (Å²) < 4.78 is 6.64. The summed E-state index contributed by atoms with van der Waals surface area (Å²) in [6.45, 7) is 5.24. The van der Waals surface area contributed by atoms with Crippen molar-refractivity contribution in [3.63, 3.8) is 0 Å². The maximum absolute atomic E-state index is 12.8. The lowest BCUT2D eigenvalue weighted by atomic mass is 10.2. The number of aromatic amines is 1. The highest BCUT2D eigenvalue weighted by Gasteiger charge is 2.21. The van der Waals surface area contributed by atoms with E-state index in [1.165, 1.54) is 11.7 Å². The number of fused-ring (bicyclic) bond motifs is 1. The van der Waals surface area contributed by atoms with E-state index < -0.39 is 6.04 Å². The largest absolute Gasteiger partial charge is 0.495 e. The minimum atomic E-state index is -0.718. The van der Waals surface area contributed by atoms with Crippen LogP contribution in [0, 0.1) is 13.8 Å². The molecule has 1 amide bonds. The summed E-state index contributed by atoms with van der Waals surface area (Å²) in [4.78, 5) is 32.9. The number of hydrogen-bond acceptors (Lipinski definition) is 4. The molecule has 0 saturated carbocycles. The van der Waals surface area contributed by atoms with Crippen molar-refractivity contribution in [2.75, 3.05) is 12.4 Å². The molecular weight excluding hydrogens is 320 g/mol. The van der Waals surface area contributed by atoms with Gasteiger partial charge < -0.3 is 15.0 Å². The van der Waals surface area contributed by atoms with Crippen LogP contribution in [-0.2, 0) is 4.79 Å². The van der Waals surface area contributed by atoms with Gasteiger partial charge in [-0.05, 0) is 39.0 Å². The number of amides is 1. The average molecular weight is 340 g/mol. The molecule has 2 heterocycles. The zero-order chi connectivity index (χ0) is 18.1. The number of aryl methyl sites for hydroxylation is 2. The predicted molar refractivity (Wildman–Crippen MR) is 96.2 cm³/mol. The van der Waals surface area contributed by atoms with Crippen molar-refractivity contribution in [1.82, 2.24) is 14.5 Å². The third-order valence-corrected chi connectivity index (χ3v) is 4.13. The summed E-state index contributed by atoms with van der Waals surface area (Å²) in [7, 11) is 1.54. The van der Waals surface area contributed by atoms with E-state index in [9.17, 15) is 9.59 Å². The maximum atomic E-state index is 12.8. The van der Waals surface area contributed by atoms with Crippen molar-refractivity contribution in [1.29, 1.82) is 0 Å². The third kappa shape index (κ3) is 3.00. The van der Waals surface area contributed by atoms with Crippen LogP contribution in [0.3, 0.4) is 0 Å². The van der Waals surface area contributed by atoms with E-state index in [-0.39, 0.29) is 11.5 Å². The highest BCUT2D eigenvalue weighted by atomic mass is 16.5. The number of carbonyl (C=O) groups is 1. The van der Waals surface area contributed by atoms with Crippen molar-refractivity contribution in [3.05, 3.63) is 52.2 Å². The highest BCUT2D eigenvalue weighted by Crippen LogP contribution is 2.24. The molecule has 2 aromatic heterocycles. The number of nitrogens with zero attached hydrogens (tertiary/aromatic N) is 2. The molecule has 3 rings (SSSR count). The van der Waals surface area contributed by atoms with Crippen molar-refractivity contribution in [2.24, 2.45) is 0 Å². The minimum Gasteiger partial charge on any atom is -0.495 e. The number of rotatable bonds is 4. The van der Waals surface area contributed by atoms with Crippen LogP contribution in [0.4, 0.5) is 5.69 Å². The van der Waals surface area contributed by atoms with Gasteiger partial charge in [0.15, 0.2) is 0 Å². The molecule has 0 radical (unpaired) electrons. The Morgan fingerprint density at radius 1 is 1.32 bits per heavy atom. The molecule has 0 aliphatic rings. The summed E-state index contributed by atoms with van der Waals surface area (Å²) >= 11 is 0. The second-order valence-electron chi connectivity index (χ2n) is 5.91. The second kappa shape index (κ2) is 6.43. The zero-order valence-electron chi connectivity index (χ0n) is 14.6. The maximum Gasteiger partial charge on any atom is 0.263 e. The lowest BCUT2D eigenvalue weighted by Crippen LogP contribution is -2.33. The van der Waals surface area contributed by atoms with Gasteiger partial charge in [0.25, 0.3) is 5.56 Å². The first-order valence-corrected chi connectivity index (χ1v) is 7.94. The molecule has 1 atom stereocenters. The minimum absolute atomic E-state index is 0.241. The number of hydrogen-bond donors (Lipinski definition) is 2. The molecule has 7 heteroatoms. The van der Waals surface area contributed by atoms with E-state index in [1.54, 1.807) is 38.1 Å². The topological polar surface area (TPSA) is 89.0 Å². The Hall–Kier alpha value is -3.09. The van der Waals surface area contributed by atoms with Gasteiger partial charge in [0, 0.05) is 5.69 Å². The lowest BCUT2D eigenvalue weighted by molar-refractivity contribution is -0.118. The SMILES string of the molecule is COc1ccccc1NC(=O)C(C)n1c(C)nc2[nH]c(C)cc2c1=O. The fourth-order valence-corrected chi connectivity index (χ4v) is 2.88. The quantitative estimate of drug-likeness (QED) is 0.764. The standard InChI is InChI=1S/C18H20N4O3/c1-10-9-13-16(19-10)20-12(3)22(18(13)24)11(2)17(23)21-14-7-5-6-8-15(14)25-4/h5-9,11,19H,1-4H3,(H,21,23). The number of carbonyl (C=O) groups excluding carboxylic acids is 1. The molecule has 0 bridgehead atoms. The van der Waals surface area contributed by atoms with E-state index in [1.807, 2.05) is 13.0 Å². The van der Waals surface area contributed by atoms with Crippen molar-refractivity contribution in [3.8, 4) is 5.75 Å². The summed E-state index contributed by atoms with van der Waals surface area (Å²) in [5, 5.41) is 3.28. The Balaban J connectivity index is 1.97. The summed E-state index contributed by atoms with van der Waals surface area (Å²) in [5.74, 6) is 0.715. The molecule has 2 N–H and O–H groups in total. The summed E-state index contributed by atoms with van der Waals surface area (Å²) in [6, 6.07) is 8.15. The Morgan fingerprint density at radius 2 is 2.04 bits per heavy atom. The van der Waals surface area contributed by atoms with E-state index in [0.717, 1.165) is 5.69 Å². The van der Waals surface area contributed by atoms with Crippen LogP contribution in [0.2, 0.25) is 0 Å². The van der Waals surface area contributed by atoms with Crippen molar-refractivity contribution in [2.45, 2.75) is 26.8 Å². The molecule has 0 fully saturated rings. The molecule has 1 unspecified atom stereocenters. The first-order valence-electron chi connectivity index (χ1n) is 7.94. The van der Waals surface area contributed by atoms with Gasteiger partial charge in [-0.15, -0.1) is 0 Å². The van der Waals surface area contributed by atoms with Crippen LogP contribution in [0.1, 0.15) is 24.5 Å². The predicted octanol–water partition coefficient (Wildman–Crippen LogP) is 2.55. The van der Waals surface area contributed by atoms with Gasteiger partial charge in [-0.25, -0.2) is 4.98 Å². The first-order chi connectivity index (χ1) is 11.9. The Labute approximate surface area is 144 Å². The van der Waals surface area contributed by atoms with Crippen LogP contribution in [0.25, 0.3) is 11.0 Å². The Kier molecular flexibility index (Phi) is 4.31. The van der Waals surface area contributed by atoms with E-state index in [2.05, 4.69) is 15.3 Å².